The van der Waals surface area contributed by atoms with Gasteiger partial charge in [0.25, 0.3) is 5.91 Å². The van der Waals surface area contributed by atoms with Crippen molar-refractivity contribution < 1.29 is 23.8 Å². The van der Waals surface area contributed by atoms with Crippen molar-refractivity contribution in [3.8, 4) is 5.75 Å². The largest absolute Gasteiger partial charge is 0.497 e. The number of aliphatic hydroxyl groups is 1. The van der Waals surface area contributed by atoms with Gasteiger partial charge in [0, 0.05) is 38.3 Å². The van der Waals surface area contributed by atoms with Crippen molar-refractivity contribution in [1.82, 2.24) is 10.6 Å². The average molecular weight is 549 g/mol. The molecule has 0 radical (unpaired) electrons. The minimum absolute atomic E-state index is 0.0891. The molecule has 2 amide bonds. The van der Waals surface area contributed by atoms with Crippen LogP contribution in [0.4, 0.5) is 15.8 Å². The molecule has 4 N–H and O–H groups in total. The van der Waals surface area contributed by atoms with E-state index >= 15 is 4.39 Å². The molecule has 0 spiro atoms. The summed E-state index contributed by atoms with van der Waals surface area (Å²) in [4.78, 5) is 27.3. The molecule has 212 valence electrons. The van der Waals surface area contributed by atoms with Crippen molar-refractivity contribution in [2.24, 2.45) is 0 Å². The number of nitrogens with one attached hydrogen (secondary N) is 3. The maximum atomic E-state index is 15.7. The van der Waals surface area contributed by atoms with Crippen LogP contribution < -0.4 is 25.6 Å². The Balaban J connectivity index is 1.53. The number of anilines is 2. The zero-order chi connectivity index (χ0) is 28.5. The number of ether oxygens (including phenoxy) is 1. The second kappa shape index (κ2) is 13.9. The first-order valence-corrected chi connectivity index (χ1v) is 13.6. The lowest BCUT2D eigenvalue weighted by molar-refractivity contribution is -0.117. The molecule has 40 heavy (non-hydrogen) atoms. The molecule has 9 heteroatoms. The van der Waals surface area contributed by atoms with Crippen LogP contribution in [0.15, 0.2) is 66.7 Å². The summed E-state index contributed by atoms with van der Waals surface area (Å²) in [6, 6.07) is 19.4. The van der Waals surface area contributed by atoms with Crippen molar-refractivity contribution in [3.05, 3.63) is 89.2 Å². The summed E-state index contributed by atoms with van der Waals surface area (Å²) in [6.45, 7) is 3.55. The van der Waals surface area contributed by atoms with Crippen LogP contribution in [0.1, 0.15) is 41.3 Å². The summed E-state index contributed by atoms with van der Waals surface area (Å²) >= 11 is 0. The van der Waals surface area contributed by atoms with Gasteiger partial charge in [0.05, 0.1) is 30.5 Å². The average Bonchev–Trinajstić information content (AvgIpc) is 3.39. The van der Waals surface area contributed by atoms with Crippen molar-refractivity contribution >= 4 is 23.2 Å². The molecule has 2 atom stereocenters. The van der Waals surface area contributed by atoms with E-state index in [4.69, 9.17) is 4.74 Å². The Bertz CT molecular complexity index is 1300. The van der Waals surface area contributed by atoms with Crippen LogP contribution in [0.3, 0.4) is 0 Å². The first-order chi connectivity index (χ1) is 19.4. The fourth-order valence-electron chi connectivity index (χ4n) is 4.87. The van der Waals surface area contributed by atoms with Crippen LogP contribution in [0.2, 0.25) is 0 Å². The third-order valence-corrected chi connectivity index (χ3v) is 6.94. The maximum absolute atomic E-state index is 15.7. The van der Waals surface area contributed by atoms with Gasteiger partial charge in [0.2, 0.25) is 5.91 Å². The van der Waals surface area contributed by atoms with Gasteiger partial charge in [-0.15, -0.1) is 0 Å². The minimum Gasteiger partial charge on any atom is -0.497 e. The number of carbonyl (C=O) groups is 2. The number of rotatable bonds is 13. The molecule has 1 saturated heterocycles. The lowest BCUT2D eigenvalue weighted by Gasteiger charge is -2.26. The summed E-state index contributed by atoms with van der Waals surface area (Å²) in [5, 5.41) is 20.4. The molecule has 1 heterocycles. The third kappa shape index (κ3) is 7.37. The monoisotopic (exact) mass is 548 g/mol. The Morgan fingerprint density at radius 3 is 2.58 bits per heavy atom. The van der Waals surface area contributed by atoms with E-state index in [0.29, 0.717) is 44.6 Å². The summed E-state index contributed by atoms with van der Waals surface area (Å²) in [6.07, 6.45) is 0.370. The van der Waals surface area contributed by atoms with E-state index in [2.05, 4.69) is 16.0 Å². The number of halogens is 1. The van der Waals surface area contributed by atoms with E-state index in [1.165, 1.54) is 11.0 Å². The highest BCUT2D eigenvalue weighted by Crippen LogP contribution is 2.30. The molecule has 4 rings (SSSR count). The minimum atomic E-state index is -0.964. The van der Waals surface area contributed by atoms with Crippen LogP contribution in [0.5, 0.6) is 5.75 Å². The molecule has 1 aliphatic heterocycles. The molecular formula is C31H37FN4O4. The molecule has 0 aliphatic carbocycles. The van der Waals surface area contributed by atoms with Gasteiger partial charge in [-0.2, -0.15) is 0 Å². The van der Waals surface area contributed by atoms with E-state index in [1.54, 1.807) is 13.2 Å². The van der Waals surface area contributed by atoms with E-state index in [1.807, 2.05) is 61.5 Å². The second-order valence-electron chi connectivity index (χ2n) is 9.86. The number of nitrogens with zero attached hydrogens (tertiary/aromatic N) is 1. The molecule has 0 bridgehead atoms. The molecule has 0 unspecified atom stereocenters. The summed E-state index contributed by atoms with van der Waals surface area (Å²) < 4.78 is 21.0. The van der Waals surface area contributed by atoms with E-state index < -0.39 is 23.9 Å². The van der Waals surface area contributed by atoms with Crippen LogP contribution >= 0.6 is 0 Å². The van der Waals surface area contributed by atoms with Crippen LogP contribution in [-0.2, 0) is 17.8 Å². The highest BCUT2D eigenvalue weighted by Gasteiger charge is 2.29. The fraction of sp³-hybridized carbons (Fsp3) is 0.355. The number of aliphatic hydroxyl groups excluding tert-OH is 1. The van der Waals surface area contributed by atoms with Crippen LogP contribution in [0.25, 0.3) is 0 Å². The number of amides is 2. The SMILES string of the molecule is CCNc1cc(C(=O)N[C@@H](Cc2ccccc2)[C@@H](O)CNCc2cccc(OC)c2)c(F)c(N2CCCC2=O)c1. The smallest absolute Gasteiger partial charge is 0.254 e. The first-order valence-electron chi connectivity index (χ1n) is 13.6. The molecule has 0 aromatic heterocycles. The molecular weight excluding hydrogens is 511 g/mol. The lowest BCUT2D eigenvalue weighted by Crippen LogP contribution is -2.49. The molecule has 3 aromatic rings. The molecule has 8 nitrogen and oxygen atoms in total. The standard InChI is InChI=1S/C31H37FN4O4/c1-3-34-23-17-25(30(32)27(18-23)36-14-8-13-29(36)38)31(39)35-26(16-21-9-5-4-6-10-21)28(37)20-33-19-22-11-7-12-24(15-22)40-2/h4-7,9-12,15,17-18,26,28,33-34,37H,3,8,13-14,16,19-20H2,1-2H3,(H,35,39)/t26-,28-/m0/s1. The topological polar surface area (TPSA) is 103 Å². The zero-order valence-electron chi connectivity index (χ0n) is 23.0. The Morgan fingerprint density at radius 1 is 1.10 bits per heavy atom. The van der Waals surface area contributed by atoms with Gasteiger partial charge in [-0.3, -0.25) is 9.59 Å². The predicted octanol–water partition coefficient (Wildman–Crippen LogP) is 3.88. The van der Waals surface area contributed by atoms with E-state index in [9.17, 15) is 14.7 Å². The van der Waals surface area contributed by atoms with Crippen LogP contribution in [0, 0.1) is 5.82 Å². The molecule has 0 saturated carbocycles. The first kappa shape index (κ1) is 29.0. The van der Waals surface area contributed by atoms with Gasteiger partial charge in [-0.25, -0.2) is 4.39 Å². The Kier molecular flexibility index (Phi) is 10.1. The second-order valence-corrected chi connectivity index (χ2v) is 9.86. The Labute approximate surface area is 234 Å². The summed E-state index contributed by atoms with van der Waals surface area (Å²) in [5.74, 6) is -0.833. The van der Waals surface area contributed by atoms with Gasteiger partial charge in [-0.05, 0) is 55.2 Å². The Morgan fingerprint density at radius 2 is 1.88 bits per heavy atom. The number of methoxy groups -OCH3 is 1. The summed E-state index contributed by atoms with van der Waals surface area (Å²) in [5.41, 5.74) is 2.36. The Hall–Kier alpha value is -3.95. The number of benzene rings is 3. The zero-order valence-corrected chi connectivity index (χ0v) is 23.0. The molecule has 3 aromatic carbocycles. The molecule has 1 fully saturated rings. The van der Waals surface area contributed by atoms with Gasteiger partial charge in [0.15, 0.2) is 5.82 Å². The predicted molar refractivity (Wildman–Crippen MR) is 154 cm³/mol. The highest BCUT2D eigenvalue weighted by molar-refractivity contribution is 6.00. The third-order valence-electron chi connectivity index (χ3n) is 6.94. The van der Waals surface area contributed by atoms with Gasteiger partial charge >= 0.3 is 0 Å². The van der Waals surface area contributed by atoms with Crippen LogP contribution in [-0.4, -0.2) is 55.8 Å². The molecule has 1 aliphatic rings. The quantitative estimate of drug-likeness (QED) is 0.259. The number of hydrogen-bond acceptors (Lipinski definition) is 6. The summed E-state index contributed by atoms with van der Waals surface area (Å²) in [7, 11) is 1.61. The van der Waals surface area contributed by atoms with E-state index in [0.717, 1.165) is 16.9 Å². The van der Waals surface area contributed by atoms with Crippen molar-refractivity contribution in [1.29, 1.82) is 0 Å². The van der Waals surface area contributed by atoms with E-state index in [-0.39, 0.29) is 23.7 Å². The fourth-order valence-corrected chi connectivity index (χ4v) is 4.87. The highest BCUT2D eigenvalue weighted by atomic mass is 19.1. The number of hydrogen-bond donors (Lipinski definition) is 4. The van der Waals surface area contributed by atoms with Gasteiger partial charge < -0.3 is 30.7 Å². The van der Waals surface area contributed by atoms with Crippen molar-refractivity contribution in [2.75, 3.05) is 37.0 Å². The normalized spacial score (nSPS) is 14.6. The lowest BCUT2D eigenvalue weighted by atomic mass is 10.00. The van der Waals surface area contributed by atoms with Crippen molar-refractivity contribution in [2.45, 2.75) is 44.9 Å². The van der Waals surface area contributed by atoms with Gasteiger partial charge in [-0.1, -0.05) is 42.5 Å². The van der Waals surface area contributed by atoms with Gasteiger partial charge in [0.1, 0.15) is 5.75 Å². The maximum Gasteiger partial charge on any atom is 0.254 e. The number of carbonyl (C=O) groups excluding carboxylic acids is 2. The van der Waals surface area contributed by atoms with Crippen molar-refractivity contribution in [3.63, 3.8) is 0 Å².